The van der Waals surface area contributed by atoms with Gasteiger partial charge in [-0.3, -0.25) is 19.8 Å². The number of likely N-dealkylation sites (tertiary alicyclic amines) is 1. The Labute approximate surface area is 172 Å². The van der Waals surface area contributed by atoms with Crippen molar-refractivity contribution in [3.63, 3.8) is 0 Å². The molecule has 1 aromatic heterocycles. The van der Waals surface area contributed by atoms with Gasteiger partial charge in [0.2, 0.25) is 5.91 Å². The van der Waals surface area contributed by atoms with Gasteiger partial charge in [0.15, 0.2) is 6.54 Å². The highest BCUT2D eigenvalue weighted by molar-refractivity contribution is 5.94. The largest absolute Gasteiger partial charge is 0.321 e. The zero-order valence-corrected chi connectivity index (χ0v) is 18.0. The van der Waals surface area contributed by atoms with E-state index in [2.05, 4.69) is 10.3 Å². The molecule has 0 aliphatic carbocycles. The lowest BCUT2D eigenvalue weighted by atomic mass is 9.75. The summed E-state index contributed by atoms with van der Waals surface area (Å²) in [5.74, 6) is -0.746. The smallest absolute Gasteiger partial charge is 0.321 e. The summed E-state index contributed by atoms with van der Waals surface area (Å²) in [6.07, 6.45) is 4.12. The van der Waals surface area contributed by atoms with Crippen molar-refractivity contribution in [1.29, 1.82) is 0 Å². The molecule has 0 saturated carbocycles. The van der Waals surface area contributed by atoms with Crippen LogP contribution in [0.15, 0.2) is 24.5 Å². The summed E-state index contributed by atoms with van der Waals surface area (Å²) in [7, 11) is 0. The van der Waals surface area contributed by atoms with E-state index >= 15 is 0 Å². The number of aromatic nitrogens is 1. The number of anilines is 1. The Morgan fingerprint density at radius 3 is 2.38 bits per heavy atom. The highest BCUT2D eigenvalue weighted by atomic mass is 16.5. The second-order valence-corrected chi connectivity index (χ2v) is 9.45. The van der Waals surface area contributed by atoms with Gasteiger partial charge in [0.05, 0.1) is 17.5 Å². The summed E-state index contributed by atoms with van der Waals surface area (Å²) in [6.45, 7) is 10.3. The molecule has 2 atom stereocenters. The van der Waals surface area contributed by atoms with Crippen molar-refractivity contribution in [1.82, 2.24) is 10.5 Å². The summed E-state index contributed by atoms with van der Waals surface area (Å²) >= 11 is 0. The van der Waals surface area contributed by atoms with Crippen LogP contribution in [0.1, 0.15) is 53.9 Å². The summed E-state index contributed by atoms with van der Waals surface area (Å²) in [4.78, 5) is 42.7. The minimum absolute atomic E-state index is 0.00869. The van der Waals surface area contributed by atoms with Crippen molar-refractivity contribution >= 4 is 23.4 Å². The van der Waals surface area contributed by atoms with Crippen LogP contribution in [0.25, 0.3) is 0 Å². The lowest BCUT2D eigenvalue weighted by Gasteiger charge is -2.44. The monoisotopic (exact) mass is 405 g/mol. The number of carbonyl (C=O) groups is 3. The molecule has 1 saturated heterocycles. The number of hydrogen-bond acceptors (Lipinski definition) is 5. The average Bonchev–Trinajstić information content (AvgIpc) is 2.88. The van der Waals surface area contributed by atoms with Gasteiger partial charge in [0, 0.05) is 30.9 Å². The predicted molar refractivity (Wildman–Crippen MR) is 109 cm³/mol. The van der Waals surface area contributed by atoms with Gasteiger partial charge in [-0.2, -0.15) is 0 Å². The Morgan fingerprint density at radius 2 is 1.86 bits per heavy atom. The van der Waals surface area contributed by atoms with Crippen LogP contribution in [-0.4, -0.2) is 51.0 Å². The molecule has 1 aliphatic rings. The Morgan fingerprint density at radius 1 is 1.24 bits per heavy atom. The molecule has 3 N–H and O–H groups in total. The molecule has 2 heterocycles. The highest BCUT2D eigenvalue weighted by Gasteiger charge is 2.63. The maximum absolute atomic E-state index is 13.9. The Kier molecular flexibility index (Phi) is 6.80. The molecule has 0 spiro atoms. The number of hydrogen-bond donors (Lipinski definition) is 3. The molecule has 29 heavy (non-hydrogen) atoms. The van der Waals surface area contributed by atoms with Crippen molar-refractivity contribution in [3.8, 4) is 0 Å². The summed E-state index contributed by atoms with van der Waals surface area (Å²) in [5.41, 5.74) is 0.864. The molecular weight excluding hydrogens is 372 g/mol. The Hall–Kier alpha value is -2.32. The van der Waals surface area contributed by atoms with E-state index in [0.717, 1.165) is 0 Å². The molecule has 8 heteroatoms. The van der Waals surface area contributed by atoms with Crippen LogP contribution in [0.4, 0.5) is 5.69 Å². The van der Waals surface area contributed by atoms with Crippen LogP contribution in [0.3, 0.4) is 0 Å². The minimum atomic E-state index is -0.898. The quantitative estimate of drug-likeness (QED) is 0.367. The number of rotatable bonds is 7. The number of quaternary nitrogens is 1. The van der Waals surface area contributed by atoms with Gasteiger partial charge in [0.1, 0.15) is 0 Å². The SMILES string of the molecule is CC(C)CC1(CC(=O)NO)CC[N+](CC(=O)Nc2ccncc2)(C(C)(C)C)C1=O. The third-order valence-electron chi connectivity index (χ3n) is 5.90. The standard InChI is InChI=1S/C21H32N4O4/c1-15(2)12-21(13-17(26)24-29)8-11-25(19(21)28,20(3,4)5)14-18(27)23-16-6-9-22-10-7-16/h6-7,9-10,15H,8,11-14H2,1-5H3,(H2-,22,23,24,26,27,29)/p+1. The third kappa shape index (κ3) is 4.82. The maximum Gasteiger partial charge on any atom is 0.321 e. The highest BCUT2D eigenvalue weighted by Crippen LogP contribution is 2.48. The van der Waals surface area contributed by atoms with Crippen molar-refractivity contribution in [2.45, 2.75) is 59.4 Å². The van der Waals surface area contributed by atoms with Crippen LogP contribution in [0.2, 0.25) is 0 Å². The van der Waals surface area contributed by atoms with Crippen LogP contribution in [-0.2, 0) is 14.4 Å². The second-order valence-electron chi connectivity index (χ2n) is 9.45. The molecule has 160 valence electrons. The second kappa shape index (κ2) is 8.59. The molecule has 0 aromatic carbocycles. The van der Waals surface area contributed by atoms with Gasteiger partial charge in [-0.05, 0) is 45.2 Å². The van der Waals surface area contributed by atoms with Crippen molar-refractivity contribution < 1.29 is 24.1 Å². The summed E-state index contributed by atoms with van der Waals surface area (Å²) in [6, 6.07) is 3.39. The maximum atomic E-state index is 13.9. The van der Waals surface area contributed by atoms with Gasteiger partial charge < -0.3 is 5.32 Å². The number of hydroxylamine groups is 1. The van der Waals surface area contributed by atoms with E-state index in [0.29, 0.717) is 25.1 Å². The van der Waals surface area contributed by atoms with Gasteiger partial charge in [-0.1, -0.05) is 13.8 Å². The fourth-order valence-corrected chi connectivity index (χ4v) is 4.53. The van der Waals surface area contributed by atoms with Gasteiger partial charge in [-0.25, -0.2) is 14.8 Å². The lowest BCUT2D eigenvalue weighted by Crippen LogP contribution is -2.65. The first-order chi connectivity index (χ1) is 13.5. The molecule has 1 aromatic rings. The third-order valence-corrected chi connectivity index (χ3v) is 5.90. The first kappa shape index (κ1) is 23.0. The van der Waals surface area contributed by atoms with Gasteiger partial charge >= 0.3 is 5.91 Å². The Balaban J connectivity index is 2.36. The van der Waals surface area contributed by atoms with Crippen molar-refractivity contribution in [2.24, 2.45) is 11.3 Å². The number of amides is 3. The van der Waals surface area contributed by atoms with E-state index in [-0.39, 0.29) is 35.2 Å². The van der Waals surface area contributed by atoms with Crippen LogP contribution >= 0.6 is 0 Å². The van der Waals surface area contributed by atoms with E-state index in [1.165, 1.54) is 0 Å². The van der Waals surface area contributed by atoms with E-state index in [4.69, 9.17) is 5.21 Å². The van der Waals surface area contributed by atoms with Crippen molar-refractivity contribution in [3.05, 3.63) is 24.5 Å². The number of carbonyl (C=O) groups excluding carboxylic acids is 3. The normalized spacial score (nSPS) is 24.6. The zero-order chi connectivity index (χ0) is 21.9. The van der Waals surface area contributed by atoms with E-state index in [1.54, 1.807) is 30.0 Å². The van der Waals surface area contributed by atoms with Crippen LogP contribution in [0, 0.1) is 11.3 Å². The van der Waals surface area contributed by atoms with Gasteiger partial charge in [-0.15, -0.1) is 0 Å². The summed E-state index contributed by atoms with van der Waals surface area (Å²) in [5, 5.41) is 11.9. The number of pyridine rings is 1. The van der Waals surface area contributed by atoms with Crippen LogP contribution in [0.5, 0.6) is 0 Å². The molecule has 0 bridgehead atoms. The summed E-state index contributed by atoms with van der Waals surface area (Å²) < 4.78 is -0.0324. The molecule has 1 fully saturated rings. The topological polar surface area (TPSA) is 108 Å². The predicted octanol–water partition coefficient (Wildman–Crippen LogP) is 2.49. The minimum Gasteiger partial charge on any atom is -0.321 e. The lowest BCUT2D eigenvalue weighted by molar-refractivity contribution is -0.886. The average molecular weight is 406 g/mol. The van der Waals surface area contributed by atoms with Crippen molar-refractivity contribution in [2.75, 3.05) is 18.4 Å². The van der Waals surface area contributed by atoms with E-state index in [9.17, 15) is 14.4 Å². The first-order valence-electron chi connectivity index (χ1n) is 10.0. The molecular formula is C21H33N4O4+. The zero-order valence-electron chi connectivity index (χ0n) is 18.0. The molecule has 0 radical (unpaired) electrons. The number of nitrogens with zero attached hydrogens (tertiary/aromatic N) is 2. The number of nitrogens with one attached hydrogen (secondary N) is 2. The molecule has 8 nitrogen and oxygen atoms in total. The first-order valence-corrected chi connectivity index (χ1v) is 10.0. The fourth-order valence-electron chi connectivity index (χ4n) is 4.53. The molecule has 2 unspecified atom stereocenters. The Bertz CT molecular complexity index is 760. The van der Waals surface area contributed by atoms with Gasteiger partial charge in [0.25, 0.3) is 5.91 Å². The molecule has 1 aliphatic heterocycles. The van der Waals surface area contributed by atoms with E-state index in [1.807, 2.05) is 34.6 Å². The fraction of sp³-hybridized carbons (Fsp3) is 0.619. The molecule has 2 rings (SSSR count). The molecule has 3 amide bonds. The van der Waals surface area contributed by atoms with E-state index < -0.39 is 16.9 Å². The van der Waals surface area contributed by atoms with Crippen LogP contribution < -0.4 is 10.8 Å².